The molecule has 0 fully saturated rings. The van der Waals surface area contributed by atoms with Crippen LogP contribution in [0.4, 0.5) is 8.78 Å². The Morgan fingerprint density at radius 1 is 1.16 bits per heavy atom. The Balaban J connectivity index is 2.01. The topological polar surface area (TPSA) is 100 Å². The maximum absolute atomic E-state index is 14.0. The molecule has 0 aliphatic carbocycles. The number of ether oxygens (including phenoxy) is 1. The number of carbonyl (C=O) groups is 1. The second-order valence-corrected chi connectivity index (χ2v) is 6.29. The highest BCUT2D eigenvalue weighted by Gasteiger charge is 2.19. The largest absolute Gasteiger partial charge is 0.484 e. The number of halogens is 3. The zero-order valence-electron chi connectivity index (χ0n) is 12.6. The molecule has 0 atom stereocenters. The molecule has 25 heavy (non-hydrogen) atoms. The number of nitrogens with two attached hydrogens (primary N) is 1. The van der Waals surface area contributed by atoms with E-state index in [1.54, 1.807) is 24.3 Å². The molecule has 2 rings (SSSR count). The highest BCUT2D eigenvalue weighted by atomic mass is 35.5. The lowest BCUT2D eigenvalue weighted by atomic mass is 10.2. The number of rotatable bonds is 5. The number of nitrogens with one attached hydrogen (secondary N) is 2. The molecule has 0 saturated heterocycles. The van der Waals surface area contributed by atoms with Crippen LogP contribution in [-0.4, -0.2) is 22.6 Å². The molecule has 0 saturated carbocycles. The summed E-state index contributed by atoms with van der Waals surface area (Å²) in [5, 5.41) is 16.2. The third kappa shape index (κ3) is 4.77. The first-order chi connectivity index (χ1) is 11.8. The van der Waals surface area contributed by atoms with Gasteiger partial charge >= 0.3 is 0 Å². The van der Waals surface area contributed by atoms with Gasteiger partial charge in [0.25, 0.3) is 5.91 Å². The lowest BCUT2D eigenvalue weighted by Gasteiger charge is -2.10. The third-order valence-corrected chi connectivity index (χ3v) is 4.05. The lowest BCUT2D eigenvalue weighted by Crippen LogP contribution is -2.17. The normalized spacial score (nSPS) is 10.4. The molecule has 5 nitrogen and oxygen atoms in total. The molecule has 4 N–H and O–H groups in total. The van der Waals surface area contributed by atoms with Gasteiger partial charge in [0.05, 0.1) is 0 Å². The van der Waals surface area contributed by atoms with Crippen molar-refractivity contribution in [2.24, 2.45) is 5.73 Å². The van der Waals surface area contributed by atoms with Crippen molar-refractivity contribution in [1.82, 2.24) is 0 Å². The van der Waals surface area contributed by atoms with E-state index in [1.807, 2.05) is 0 Å². The van der Waals surface area contributed by atoms with Gasteiger partial charge in [0.15, 0.2) is 11.6 Å². The number of hydrogen-bond donors (Lipinski definition) is 3. The fraction of sp³-hybridized carbons (Fsp3) is 0.0625. The molecular formula is C16H12ClF2N3O2S. The standard InChI is InChI=1S/C16H12ClF2N3O2S/c17-9-3-1-8(2-4-9)16(22)25-12(20)7-24-11-6-5-10(18)13(14(11)19)15(21)23/h1-6,20,22H,7H2,(H2,21,23). The number of carbonyl (C=O) groups excluding carboxylic acids is 1. The lowest BCUT2D eigenvalue weighted by molar-refractivity contribution is 0.0991. The molecule has 0 aromatic heterocycles. The SMILES string of the molecule is N=C(COc1ccc(F)c(C(N)=O)c1F)SC(=N)c1ccc(Cl)cc1. The maximum Gasteiger partial charge on any atom is 0.254 e. The number of thioether (sulfide) groups is 1. The number of primary amides is 1. The Kier molecular flexibility index (Phi) is 6.11. The van der Waals surface area contributed by atoms with Gasteiger partial charge in [0, 0.05) is 10.6 Å². The highest BCUT2D eigenvalue weighted by molar-refractivity contribution is 8.26. The molecule has 0 unspecified atom stereocenters. The summed E-state index contributed by atoms with van der Waals surface area (Å²) in [4.78, 5) is 11.1. The number of amides is 1. The average Bonchev–Trinajstić information content (AvgIpc) is 2.54. The van der Waals surface area contributed by atoms with Gasteiger partial charge in [-0.1, -0.05) is 35.5 Å². The molecule has 2 aromatic rings. The minimum Gasteiger partial charge on any atom is -0.484 e. The van der Waals surface area contributed by atoms with Crippen molar-refractivity contribution in [3.8, 4) is 5.75 Å². The summed E-state index contributed by atoms with van der Waals surface area (Å²) < 4.78 is 32.5. The number of benzene rings is 2. The number of hydrogen-bond acceptors (Lipinski definition) is 5. The summed E-state index contributed by atoms with van der Waals surface area (Å²) in [6, 6.07) is 8.34. The molecule has 9 heteroatoms. The molecule has 0 aliphatic heterocycles. The minimum atomic E-state index is -1.26. The van der Waals surface area contributed by atoms with Gasteiger partial charge in [0.2, 0.25) is 0 Å². The van der Waals surface area contributed by atoms with Crippen LogP contribution in [0.25, 0.3) is 0 Å². The van der Waals surface area contributed by atoms with E-state index in [-0.39, 0.29) is 16.7 Å². The summed E-state index contributed by atoms with van der Waals surface area (Å²) in [5.74, 6) is -3.97. The quantitative estimate of drug-likeness (QED) is 0.540. The van der Waals surface area contributed by atoms with E-state index in [4.69, 9.17) is 32.9 Å². The zero-order valence-corrected chi connectivity index (χ0v) is 14.2. The Hall–Kier alpha value is -2.45. The van der Waals surface area contributed by atoms with Crippen LogP contribution in [0.2, 0.25) is 5.02 Å². The fourth-order valence-electron chi connectivity index (χ4n) is 1.83. The van der Waals surface area contributed by atoms with Crippen molar-refractivity contribution in [2.45, 2.75) is 0 Å². The molecular weight excluding hydrogens is 372 g/mol. The van der Waals surface area contributed by atoms with Crippen LogP contribution in [0, 0.1) is 22.5 Å². The summed E-state index contributed by atoms with van der Waals surface area (Å²) in [5.41, 5.74) is 4.58. The molecule has 0 heterocycles. The van der Waals surface area contributed by atoms with Crippen molar-refractivity contribution in [2.75, 3.05) is 6.61 Å². The van der Waals surface area contributed by atoms with E-state index < -0.39 is 28.9 Å². The highest BCUT2D eigenvalue weighted by Crippen LogP contribution is 2.24. The zero-order chi connectivity index (χ0) is 18.6. The van der Waals surface area contributed by atoms with Crippen LogP contribution >= 0.6 is 23.4 Å². The van der Waals surface area contributed by atoms with E-state index in [0.29, 0.717) is 10.6 Å². The predicted octanol–water partition coefficient (Wildman–Crippen LogP) is 3.83. The van der Waals surface area contributed by atoms with Crippen LogP contribution in [0.1, 0.15) is 15.9 Å². The summed E-state index contributed by atoms with van der Waals surface area (Å²) in [6.45, 7) is -0.360. The molecule has 0 radical (unpaired) electrons. The smallest absolute Gasteiger partial charge is 0.254 e. The van der Waals surface area contributed by atoms with Crippen LogP contribution in [-0.2, 0) is 0 Å². The van der Waals surface area contributed by atoms with Crippen LogP contribution in [0.3, 0.4) is 0 Å². The Morgan fingerprint density at radius 2 is 1.80 bits per heavy atom. The fourth-order valence-corrected chi connectivity index (χ4v) is 2.57. The molecule has 1 amide bonds. The molecule has 0 bridgehead atoms. The minimum absolute atomic E-state index is 0.0794. The first kappa shape index (κ1) is 18.9. The summed E-state index contributed by atoms with van der Waals surface area (Å²) in [6.07, 6.45) is 0. The van der Waals surface area contributed by atoms with Crippen molar-refractivity contribution in [3.63, 3.8) is 0 Å². The van der Waals surface area contributed by atoms with Crippen molar-refractivity contribution >= 4 is 39.4 Å². The maximum atomic E-state index is 14.0. The second kappa shape index (κ2) is 8.09. The third-order valence-electron chi connectivity index (χ3n) is 2.99. The summed E-state index contributed by atoms with van der Waals surface area (Å²) in [7, 11) is 0. The van der Waals surface area contributed by atoms with Gasteiger partial charge in [0.1, 0.15) is 28.1 Å². The van der Waals surface area contributed by atoms with Crippen LogP contribution < -0.4 is 10.5 Å². The van der Waals surface area contributed by atoms with E-state index >= 15 is 0 Å². The Bertz CT molecular complexity index is 844. The molecule has 0 aliphatic rings. The van der Waals surface area contributed by atoms with Gasteiger partial charge in [-0.15, -0.1) is 0 Å². The van der Waals surface area contributed by atoms with Gasteiger partial charge < -0.3 is 10.5 Å². The molecule has 0 spiro atoms. The van der Waals surface area contributed by atoms with Crippen molar-refractivity contribution in [3.05, 3.63) is 64.2 Å². The van der Waals surface area contributed by atoms with E-state index in [0.717, 1.165) is 23.9 Å². The van der Waals surface area contributed by atoms with Crippen molar-refractivity contribution < 1.29 is 18.3 Å². The Labute approximate surface area is 151 Å². The average molecular weight is 384 g/mol. The molecule has 130 valence electrons. The Morgan fingerprint density at radius 3 is 2.40 bits per heavy atom. The second-order valence-electron chi connectivity index (χ2n) is 4.75. The van der Waals surface area contributed by atoms with Crippen LogP contribution in [0.15, 0.2) is 36.4 Å². The van der Waals surface area contributed by atoms with E-state index in [1.165, 1.54) is 0 Å². The van der Waals surface area contributed by atoms with Gasteiger partial charge in [-0.25, -0.2) is 8.78 Å². The van der Waals surface area contributed by atoms with E-state index in [9.17, 15) is 13.6 Å². The van der Waals surface area contributed by atoms with E-state index in [2.05, 4.69) is 0 Å². The first-order valence-corrected chi connectivity index (χ1v) is 7.99. The summed E-state index contributed by atoms with van der Waals surface area (Å²) >= 11 is 6.57. The molecule has 2 aromatic carbocycles. The van der Waals surface area contributed by atoms with Gasteiger partial charge in [-0.3, -0.25) is 15.6 Å². The van der Waals surface area contributed by atoms with Crippen LogP contribution in [0.5, 0.6) is 5.75 Å². The van der Waals surface area contributed by atoms with Crippen molar-refractivity contribution in [1.29, 1.82) is 10.8 Å². The first-order valence-electron chi connectivity index (χ1n) is 6.80. The predicted molar refractivity (Wildman–Crippen MR) is 94.0 cm³/mol. The monoisotopic (exact) mass is 383 g/mol. The van der Waals surface area contributed by atoms with Gasteiger partial charge in [-0.2, -0.15) is 0 Å². The van der Waals surface area contributed by atoms with Gasteiger partial charge in [-0.05, 0) is 24.3 Å².